The van der Waals surface area contributed by atoms with Gasteiger partial charge in [0.15, 0.2) is 0 Å². The molecule has 0 bridgehead atoms. The number of carbonyl (C=O) groups is 1. The van der Waals surface area contributed by atoms with E-state index in [2.05, 4.69) is 5.32 Å². The summed E-state index contributed by atoms with van der Waals surface area (Å²) >= 11 is 11.8. The van der Waals surface area contributed by atoms with Crippen molar-refractivity contribution >= 4 is 39.1 Å². The minimum Gasteiger partial charge on any atom is -0.492 e. The SMILES string of the molecule is CCCS(=O)(=O)N1CCCC1C(=O)NCCCOc1ccc(Cl)cc1Cl. The van der Waals surface area contributed by atoms with E-state index in [1.54, 1.807) is 18.2 Å². The van der Waals surface area contributed by atoms with Gasteiger partial charge in [-0.3, -0.25) is 4.79 Å². The van der Waals surface area contributed by atoms with Crippen molar-refractivity contribution in [2.24, 2.45) is 0 Å². The standard InChI is InChI=1S/C17H24Cl2N2O4S/c1-2-11-26(23,24)21-9-3-5-15(21)17(22)20-8-4-10-25-16-7-6-13(18)12-14(16)19/h6-7,12,15H,2-5,8-11H2,1H3,(H,20,22). The Labute approximate surface area is 164 Å². The van der Waals surface area contributed by atoms with Gasteiger partial charge in [-0.05, 0) is 43.9 Å². The topological polar surface area (TPSA) is 75.7 Å². The Morgan fingerprint density at radius 2 is 2.15 bits per heavy atom. The van der Waals surface area contributed by atoms with Crippen molar-refractivity contribution in [2.75, 3.05) is 25.4 Å². The molecule has 1 heterocycles. The summed E-state index contributed by atoms with van der Waals surface area (Å²) in [5.74, 6) is 0.369. The first-order chi connectivity index (χ1) is 12.3. The molecule has 0 aliphatic carbocycles. The Balaban J connectivity index is 1.76. The molecule has 6 nitrogen and oxygen atoms in total. The Hall–Kier alpha value is -1.02. The molecule has 0 radical (unpaired) electrons. The van der Waals surface area contributed by atoms with Gasteiger partial charge in [0, 0.05) is 18.1 Å². The summed E-state index contributed by atoms with van der Waals surface area (Å²) in [6.07, 6.45) is 2.39. The van der Waals surface area contributed by atoms with E-state index in [0.29, 0.717) is 61.2 Å². The Morgan fingerprint density at radius 3 is 2.85 bits per heavy atom. The van der Waals surface area contributed by atoms with Crippen LogP contribution in [-0.4, -0.2) is 50.1 Å². The van der Waals surface area contributed by atoms with E-state index < -0.39 is 16.1 Å². The minimum absolute atomic E-state index is 0.0759. The fourth-order valence-electron chi connectivity index (χ4n) is 2.89. The third-order valence-corrected chi connectivity index (χ3v) is 6.70. The number of hydrogen-bond donors (Lipinski definition) is 1. The van der Waals surface area contributed by atoms with Crippen LogP contribution in [0.15, 0.2) is 18.2 Å². The maximum atomic E-state index is 12.3. The van der Waals surface area contributed by atoms with Gasteiger partial charge >= 0.3 is 0 Å². The van der Waals surface area contributed by atoms with Gasteiger partial charge < -0.3 is 10.1 Å². The average Bonchev–Trinajstić information content (AvgIpc) is 3.07. The number of nitrogens with one attached hydrogen (secondary N) is 1. The zero-order chi connectivity index (χ0) is 19.2. The van der Waals surface area contributed by atoms with Crippen molar-refractivity contribution in [1.82, 2.24) is 9.62 Å². The zero-order valence-electron chi connectivity index (χ0n) is 14.7. The molecule has 1 N–H and O–H groups in total. The van der Waals surface area contributed by atoms with Crippen molar-refractivity contribution in [3.8, 4) is 5.75 Å². The fraction of sp³-hybridized carbons (Fsp3) is 0.588. The number of nitrogens with zero attached hydrogens (tertiary/aromatic N) is 1. The maximum Gasteiger partial charge on any atom is 0.238 e. The molecule has 1 aliphatic rings. The summed E-state index contributed by atoms with van der Waals surface area (Å²) in [6, 6.07) is 4.39. The van der Waals surface area contributed by atoms with Crippen LogP contribution in [0.3, 0.4) is 0 Å². The van der Waals surface area contributed by atoms with Crippen LogP contribution in [0.4, 0.5) is 0 Å². The third kappa shape index (κ3) is 5.74. The molecule has 1 aromatic carbocycles. The van der Waals surface area contributed by atoms with E-state index in [-0.39, 0.29) is 11.7 Å². The lowest BCUT2D eigenvalue weighted by Crippen LogP contribution is -2.46. The predicted molar refractivity (Wildman–Crippen MR) is 103 cm³/mol. The fourth-order valence-corrected chi connectivity index (χ4v) is 5.10. The molecule has 1 aromatic rings. The number of amides is 1. The van der Waals surface area contributed by atoms with Crippen LogP contribution in [0.5, 0.6) is 5.75 Å². The minimum atomic E-state index is -3.36. The van der Waals surface area contributed by atoms with Crippen LogP contribution in [0.1, 0.15) is 32.6 Å². The van der Waals surface area contributed by atoms with Crippen LogP contribution in [-0.2, 0) is 14.8 Å². The Morgan fingerprint density at radius 1 is 1.38 bits per heavy atom. The second-order valence-corrected chi connectivity index (χ2v) is 9.04. The molecule has 0 saturated carbocycles. The smallest absolute Gasteiger partial charge is 0.238 e. The van der Waals surface area contributed by atoms with Gasteiger partial charge in [-0.2, -0.15) is 4.31 Å². The molecule has 0 spiro atoms. The lowest BCUT2D eigenvalue weighted by Gasteiger charge is -2.23. The van der Waals surface area contributed by atoms with Crippen molar-refractivity contribution in [3.05, 3.63) is 28.2 Å². The third-order valence-electron chi connectivity index (χ3n) is 4.10. The maximum absolute atomic E-state index is 12.3. The molecule has 1 amide bonds. The monoisotopic (exact) mass is 422 g/mol. The quantitative estimate of drug-likeness (QED) is 0.620. The molecule has 1 unspecified atom stereocenters. The van der Waals surface area contributed by atoms with Crippen LogP contribution in [0.2, 0.25) is 10.0 Å². The van der Waals surface area contributed by atoms with Crippen LogP contribution in [0.25, 0.3) is 0 Å². The zero-order valence-corrected chi connectivity index (χ0v) is 17.0. The van der Waals surface area contributed by atoms with Gasteiger partial charge in [-0.25, -0.2) is 8.42 Å². The molecule has 1 aliphatic heterocycles. The van der Waals surface area contributed by atoms with Gasteiger partial charge in [-0.15, -0.1) is 0 Å². The van der Waals surface area contributed by atoms with Crippen molar-refractivity contribution in [2.45, 2.75) is 38.6 Å². The summed E-state index contributed by atoms with van der Waals surface area (Å²) in [4.78, 5) is 12.3. The molecule has 146 valence electrons. The summed E-state index contributed by atoms with van der Waals surface area (Å²) in [7, 11) is -3.36. The van der Waals surface area contributed by atoms with E-state index in [1.807, 2.05) is 6.92 Å². The lowest BCUT2D eigenvalue weighted by molar-refractivity contribution is -0.124. The van der Waals surface area contributed by atoms with E-state index in [4.69, 9.17) is 27.9 Å². The Kier molecular flexibility index (Phi) is 8.01. The van der Waals surface area contributed by atoms with Gasteiger partial charge in [-0.1, -0.05) is 30.1 Å². The highest BCUT2D eigenvalue weighted by Crippen LogP contribution is 2.27. The average molecular weight is 423 g/mol. The number of rotatable bonds is 9. The van der Waals surface area contributed by atoms with E-state index in [9.17, 15) is 13.2 Å². The highest BCUT2D eigenvalue weighted by molar-refractivity contribution is 7.89. The second kappa shape index (κ2) is 9.78. The Bertz CT molecular complexity index is 727. The molecule has 9 heteroatoms. The van der Waals surface area contributed by atoms with Crippen molar-refractivity contribution in [3.63, 3.8) is 0 Å². The molecule has 0 aromatic heterocycles. The number of hydrogen-bond acceptors (Lipinski definition) is 4. The normalized spacial score (nSPS) is 18.0. The predicted octanol–water partition coefficient (Wildman–Crippen LogP) is 3.08. The molecular formula is C17H24Cl2N2O4S. The summed E-state index contributed by atoms with van der Waals surface area (Å²) < 4.78 is 31.4. The van der Waals surface area contributed by atoms with Gasteiger partial charge in [0.25, 0.3) is 0 Å². The van der Waals surface area contributed by atoms with E-state index >= 15 is 0 Å². The van der Waals surface area contributed by atoms with E-state index in [0.717, 1.165) is 0 Å². The molecule has 2 rings (SSSR count). The van der Waals surface area contributed by atoms with Gasteiger partial charge in [0.05, 0.1) is 17.4 Å². The first kappa shape index (κ1) is 21.3. The summed E-state index contributed by atoms with van der Waals surface area (Å²) in [5, 5.41) is 3.77. The molecule has 1 fully saturated rings. The first-order valence-corrected chi connectivity index (χ1v) is 11.1. The van der Waals surface area contributed by atoms with Crippen LogP contribution in [0, 0.1) is 0 Å². The highest BCUT2D eigenvalue weighted by Gasteiger charge is 2.37. The first-order valence-electron chi connectivity index (χ1n) is 8.70. The number of sulfonamides is 1. The molecule has 26 heavy (non-hydrogen) atoms. The number of carbonyl (C=O) groups excluding carboxylic acids is 1. The molecule has 1 atom stereocenters. The lowest BCUT2D eigenvalue weighted by atomic mass is 10.2. The van der Waals surface area contributed by atoms with Crippen LogP contribution >= 0.6 is 23.2 Å². The van der Waals surface area contributed by atoms with Crippen molar-refractivity contribution < 1.29 is 17.9 Å². The summed E-state index contributed by atoms with van der Waals surface area (Å²) in [5.41, 5.74) is 0. The number of halogens is 2. The van der Waals surface area contributed by atoms with Crippen molar-refractivity contribution in [1.29, 1.82) is 0 Å². The largest absolute Gasteiger partial charge is 0.492 e. The van der Waals surface area contributed by atoms with Gasteiger partial charge in [0.1, 0.15) is 11.8 Å². The van der Waals surface area contributed by atoms with Crippen LogP contribution < -0.4 is 10.1 Å². The number of ether oxygens (including phenoxy) is 1. The number of benzene rings is 1. The van der Waals surface area contributed by atoms with E-state index in [1.165, 1.54) is 4.31 Å². The highest BCUT2D eigenvalue weighted by atomic mass is 35.5. The molecular weight excluding hydrogens is 399 g/mol. The van der Waals surface area contributed by atoms with Gasteiger partial charge in [0.2, 0.25) is 15.9 Å². The second-order valence-electron chi connectivity index (χ2n) is 6.15. The summed E-state index contributed by atoms with van der Waals surface area (Å²) in [6.45, 7) is 3.01. The molecule has 1 saturated heterocycles.